The summed E-state index contributed by atoms with van der Waals surface area (Å²) < 4.78 is 0. The Balaban J connectivity index is 2.58. The maximum Gasteiger partial charge on any atom is 0.325 e. The molecule has 1 aliphatic rings. The zero-order valence-corrected chi connectivity index (χ0v) is 9.79. The number of hydrogen-bond acceptors (Lipinski definition) is 3. The fourth-order valence-corrected chi connectivity index (χ4v) is 1.43. The van der Waals surface area contributed by atoms with Gasteiger partial charge in [0.1, 0.15) is 12.1 Å². The largest absolute Gasteiger partial charge is 0.355 e. The molecule has 2 N–H and O–H groups in total. The molecule has 0 aromatic heterocycles. The first-order chi connectivity index (χ1) is 7.38. The van der Waals surface area contributed by atoms with Gasteiger partial charge < -0.3 is 10.6 Å². The van der Waals surface area contributed by atoms with E-state index in [0.29, 0.717) is 6.54 Å². The maximum absolute atomic E-state index is 11.7. The summed E-state index contributed by atoms with van der Waals surface area (Å²) in [5.41, 5.74) is -0.915. The summed E-state index contributed by atoms with van der Waals surface area (Å²) in [7, 11) is 0. The molecule has 0 bridgehead atoms. The molecular formula is C10H17N3O3. The van der Waals surface area contributed by atoms with Crippen LogP contribution in [0.15, 0.2) is 0 Å². The van der Waals surface area contributed by atoms with E-state index in [4.69, 9.17) is 0 Å². The smallest absolute Gasteiger partial charge is 0.325 e. The topological polar surface area (TPSA) is 78.5 Å². The number of carbonyl (C=O) groups excluding carboxylic acids is 3. The second-order valence-electron chi connectivity index (χ2n) is 4.30. The fraction of sp³-hybridized carbons (Fsp3) is 0.700. The molecule has 0 aromatic carbocycles. The third kappa shape index (κ3) is 2.50. The molecule has 0 spiro atoms. The zero-order valence-electron chi connectivity index (χ0n) is 9.79. The number of carbonyl (C=O) groups is 3. The third-order valence-corrected chi connectivity index (χ3v) is 2.32. The predicted octanol–water partition coefficient (Wildman–Crippen LogP) is -0.157. The minimum atomic E-state index is -0.915. The first kappa shape index (κ1) is 12.5. The van der Waals surface area contributed by atoms with Crippen molar-refractivity contribution < 1.29 is 14.4 Å². The molecule has 0 aromatic rings. The molecule has 0 saturated carbocycles. The summed E-state index contributed by atoms with van der Waals surface area (Å²) in [6, 6.07) is -0.512. The van der Waals surface area contributed by atoms with E-state index in [1.807, 2.05) is 6.92 Å². The van der Waals surface area contributed by atoms with Crippen molar-refractivity contribution in [3.05, 3.63) is 0 Å². The van der Waals surface area contributed by atoms with Crippen molar-refractivity contribution in [3.63, 3.8) is 0 Å². The number of hydrogen-bond donors (Lipinski definition) is 2. The summed E-state index contributed by atoms with van der Waals surface area (Å²) in [4.78, 5) is 35.4. The van der Waals surface area contributed by atoms with Crippen LogP contribution >= 0.6 is 0 Å². The highest BCUT2D eigenvalue weighted by molar-refractivity contribution is 6.08. The number of amides is 4. The molecule has 6 heteroatoms. The second kappa shape index (κ2) is 4.51. The van der Waals surface area contributed by atoms with Crippen LogP contribution in [0.5, 0.6) is 0 Å². The van der Waals surface area contributed by atoms with Gasteiger partial charge in [-0.15, -0.1) is 0 Å². The van der Waals surface area contributed by atoms with E-state index in [9.17, 15) is 14.4 Å². The molecule has 0 atom stereocenters. The molecular weight excluding hydrogens is 210 g/mol. The van der Waals surface area contributed by atoms with Crippen LogP contribution in [0.2, 0.25) is 0 Å². The van der Waals surface area contributed by atoms with Crippen molar-refractivity contribution in [1.29, 1.82) is 0 Å². The highest BCUT2D eigenvalue weighted by Crippen LogP contribution is 2.15. The van der Waals surface area contributed by atoms with Gasteiger partial charge in [-0.3, -0.25) is 14.5 Å². The van der Waals surface area contributed by atoms with Gasteiger partial charge in [-0.2, -0.15) is 0 Å². The molecule has 1 rings (SSSR count). The standard InChI is InChI=1S/C10H17N3O3/c1-4-5-11-7(14)6-13-8(15)10(2,3)12-9(13)16/h4-6H2,1-3H3,(H,11,14)(H,12,16). The normalized spacial score (nSPS) is 18.6. The summed E-state index contributed by atoms with van der Waals surface area (Å²) in [5.74, 6) is -0.688. The van der Waals surface area contributed by atoms with E-state index in [1.54, 1.807) is 13.8 Å². The number of nitrogens with one attached hydrogen (secondary N) is 2. The Kier molecular flexibility index (Phi) is 3.51. The number of nitrogens with zero attached hydrogens (tertiary/aromatic N) is 1. The van der Waals surface area contributed by atoms with Gasteiger partial charge in [0.15, 0.2) is 0 Å². The molecule has 6 nitrogen and oxygen atoms in total. The first-order valence-corrected chi connectivity index (χ1v) is 5.29. The van der Waals surface area contributed by atoms with Crippen LogP contribution in [0.25, 0.3) is 0 Å². The van der Waals surface area contributed by atoms with E-state index < -0.39 is 11.6 Å². The second-order valence-corrected chi connectivity index (χ2v) is 4.30. The van der Waals surface area contributed by atoms with Gasteiger partial charge in [-0.1, -0.05) is 6.92 Å². The van der Waals surface area contributed by atoms with Crippen LogP contribution in [0.4, 0.5) is 4.79 Å². The van der Waals surface area contributed by atoms with Gasteiger partial charge in [0.25, 0.3) is 5.91 Å². The third-order valence-electron chi connectivity index (χ3n) is 2.32. The first-order valence-electron chi connectivity index (χ1n) is 5.29. The van der Waals surface area contributed by atoms with E-state index in [-0.39, 0.29) is 18.4 Å². The summed E-state index contributed by atoms with van der Waals surface area (Å²) >= 11 is 0. The Bertz CT molecular complexity index is 325. The highest BCUT2D eigenvalue weighted by atomic mass is 16.2. The van der Waals surface area contributed by atoms with E-state index in [0.717, 1.165) is 11.3 Å². The van der Waals surface area contributed by atoms with Crippen molar-refractivity contribution in [3.8, 4) is 0 Å². The Hall–Kier alpha value is -1.59. The molecule has 4 amide bonds. The van der Waals surface area contributed by atoms with Crippen LogP contribution in [0.3, 0.4) is 0 Å². The van der Waals surface area contributed by atoms with Crippen molar-refractivity contribution >= 4 is 17.8 Å². The predicted molar refractivity (Wildman–Crippen MR) is 57.6 cm³/mol. The minimum Gasteiger partial charge on any atom is -0.355 e. The van der Waals surface area contributed by atoms with E-state index >= 15 is 0 Å². The summed E-state index contributed by atoms with van der Waals surface area (Å²) in [6.45, 7) is 5.48. The van der Waals surface area contributed by atoms with Crippen molar-refractivity contribution in [2.75, 3.05) is 13.1 Å². The van der Waals surface area contributed by atoms with E-state index in [2.05, 4.69) is 10.6 Å². The minimum absolute atomic E-state index is 0.214. The van der Waals surface area contributed by atoms with Gasteiger partial charge >= 0.3 is 6.03 Å². The molecule has 1 heterocycles. The zero-order chi connectivity index (χ0) is 12.3. The Morgan fingerprint density at radius 2 is 2.06 bits per heavy atom. The lowest BCUT2D eigenvalue weighted by molar-refractivity contribution is -0.134. The van der Waals surface area contributed by atoms with Gasteiger partial charge in [-0.25, -0.2) is 4.79 Å². The van der Waals surface area contributed by atoms with Crippen LogP contribution < -0.4 is 10.6 Å². The lowest BCUT2D eigenvalue weighted by atomic mass is 10.1. The number of imide groups is 1. The number of urea groups is 1. The fourth-order valence-electron chi connectivity index (χ4n) is 1.43. The summed E-state index contributed by atoms with van der Waals surface area (Å²) in [6.07, 6.45) is 0.817. The Labute approximate surface area is 94.4 Å². The van der Waals surface area contributed by atoms with Crippen LogP contribution in [0.1, 0.15) is 27.2 Å². The SMILES string of the molecule is CCCNC(=O)CN1C(=O)NC(C)(C)C1=O. The van der Waals surface area contributed by atoms with Gasteiger partial charge in [0.05, 0.1) is 0 Å². The maximum atomic E-state index is 11.7. The molecule has 0 unspecified atom stereocenters. The molecule has 0 radical (unpaired) electrons. The Morgan fingerprint density at radius 1 is 1.44 bits per heavy atom. The van der Waals surface area contributed by atoms with Gasteiger partial charge in [0.2, 0.25) is 5.91 Å². The molecule has 1 fully saturated rings. The quantitative estimate of drug-likeness (QED) is 0.655. The molecule has 1 aliphatic heterocycles. The lowest BCUT2D eigenvalue weighted by Crippen LogP contribution is -2.43. The number of rotatable bonds is 4. The van der Waals surface area contributed by atoms with Gasteiger partial charge in [-0.05, 0) is 20.3 Å². The molecule has 16 heavy (non-hydrogen) atoms. The molecule has 0 aliphatic carbocycles. The van der Waals surface area contributed by atoms with E-state index in [1.165, 1.54) is 0 Å². The van der Waals surface area contributed by atoms with Crippen LogP contribution in [0, 0.1) is 0 Å². The van der Waals surface area contributed by atoms with Crippen LogP contribution in [-0.2, 0) is 9.59 Å². The molecule has 1 saturated heterocycles. The average Bonchev–Trinajstić information content (AvgIpc) is 2.38. The van der Waals surface area contributed by atoms with Gasteiger partial charge in [0, 0.05) is 6.54 Å². The van der Waals surface area contributed by atoms with Crippen LogP contribution in [-0.4, -0.2) is 41.4 Å². The molecule has 90 valence electrons. The highest BCUT2D eigenvalue weighted by Gasteiger charge is 2.44. The monoisotopic (exact) mass is 227 g/mol. The summed E-state index contributed by atoms with van der Waals surface area (Å²) in [5, 5.41) is 5.13. The Morgan fingerprint density at radius 3 is 2.50 bits per heavy atom. The lowest BCUT2D eigenvalue weighted by Gasteiger charge is -2.15. The van der Waals surface area contributed by atoms with Crippen molar-refractivity contribution in [2.24, 2.45) is 0 Å². The van der Waals surface area contributed by atoms with Crippen molar-refractivity contribution in [1.82, 2.24) is 15.5 Å². The van der Waals surface area contributed by atoms with Crippen molar-refractivity contribution in [2.45, 2.75) is 32.7 Å². The average molecular weight is 227 g/mol.